The zero-order valence-electron chi connectivity index (χ0n) is 6.54. The maximum absolute atomic E-state index is 3.85. The van der Waals surface area contributed by atoms with E-state index in [0.29, 0.717) is 0 Å². The van der Waals surface area contributed by atoms with E-state index in [2.05, 4.69) is 16.8 Å². The average Bonchev–Trinajstić information content (AvgIpc) is 1.97. The normalized spacial score (nSPS) is 10.2. The minimum atomic E-state index is 0.937. The number of rotatable bonds is 3. The van der Waals surface area contributed by atoms with E-state index in [0.717, 1.165) is 6.42 Å². The van der Waals surface area contributed by atoms with Crippen molar-refractivity contribution in [2.24, 2.45) is 4.99 Å². The van der Waals surface area contributed by atoms with Gasteiger partial charge in [0.1, 0.15) is 0 Å². The Balaban J connectivity index is 3.54. The Hall–Kier alpha value is -1.07. The van der Waals surface area contributed by atoms with Crippen molar-refractivity contribution >= 4 is 6.21 Å². The first-order chi connectivity index (χ1) is 4.91. The van der Waals surface area contributed by atoms with E-state index in [1.807, 2.05) is 26.0 Å². The third-order valence-electron chi connectivity index (χ3n) is 0.906. The van der Waals surface area contributed by atoms with Gasteiger partial charge in [-0.1, -0.05) is 12.2 Å². The summed E-state index contributed by atoms with van der Waals surface area (Å²) in [5.41, 5.74) is 2.92. The average molecular weight is 135 g/mol. The number of hydrogen-bond donors (Lipinski definition) is 0. The van der Waals surface area contributed by atoms with Crippen molar-refractivity contribution in [1.29, 1.82) is 0 Å². The van der Waals surface area contributed by atoms with Gasteiger partial charge >= 0.3 is 0 Å². The second kappa shape index (κ2) is 7.93. The zero-order chi connectivity index (χ0) is 7.66. The van der Waals surface area contributed by atoms with Gasteiger partial charge in [0.05, 0.1) is 6.20 Å². The molecule has 0 aromatic rings. The molecule has 0 aromatic heterocycles. The van der Waals surface area contributed by atoms with Crippen LogP contribution in [0.2, 0.25) is 0 Å². The Kier molecular flexibility index (Phi) is 7.08. The molecule has 0 rings (SSSR count). The van der Waals surface area contributed by atoms with E-state index in [4.69, 9.17) is 0 Å². The molecule has 1 heteroatoms. The topological polar surface area (TPSA) is 12.4 Å². The lowest BCUT2D eigenvalue weighted by atomic mass is 10.4. The summed E-state index contributed by atoms with van der Waals surface area (Å²) in [4.78, 5) is 3.85. The fourth-order valence-electron chi connectivity index (χ4n) is 0.442. The molecule has 0 amide bonds. The zero-order valence-corrected chi connectivity index (χ0v) is 6.54. The summed E-state index contributed by atoms with van der Waals surface area (Å²) < 4.78 is 0. The van der Waals surface area contributed by atoms with E-state index >= 15 is 0 Å². The van der Waals surface area contributed by atoms with Gasteiger partial charge in [-0.05, 0) is 26.3 Å². The highest BCUT2D eigenvalue weighted by Crippen LogP contribution is 1.82. The highest BCUT2D eigenvalue weighted by Gasteiger charge is 1.62. The SMILES string of the molecule is C/C=C\CC=C=C/N=C\C. The molecule has 0 fully saturated rings. The second-order valence-electron chi connectivity index (χ2n) is 1.71. The maximum atomic E-state index is 3.85. The summed E-state index contributed by atoms with van der Waals surface area (Å²) in [5, 5.41) is 0. The lowest BCUT2D eigenvalue weighted by molar-refractivity contribution is 1.38. The molecule has 0 saturated heterocycles. The smallest absolute Gasteiger partial charge is 0.0679 e. The summed E-state index contributed by atoms with van der Waals surface area (Å²) in [6.07, 6.45) is 10.3. The van der Waals surface area contributed by atoms with Crippen LogP contribution in [0, 0.1) is 0 Å². The fraction of sp³-hybridized carbons (Fsp3) is 0.333. The first kappa shape index (κ1) is 8.93. The molecule has 1 nitrogen and oxygen atoms in total. The first-order valence-corrected chi connectivity index (χ1v) is 3.40. The summed E-state index contributed by atoms with van der Waals surface area (Å²) in [7, 11) is 0. The van der Waals surface area contributed by atoms with E-state index in [1.54, 1.807) is 12.4 Å². The Labute approximate surface area is 62.5 Å². The standard InChI is InChI=1S/C9H13N/c1-3-5-6-7-8-9-10-4-2/h3-5,7,9H,6H2,1-2H3/b5-3-,10-4-. The van der Waals surface area contributed by atoms with Crippen LogP contribution in [0.4, 0.5) is 0 Å². The van der Waals surface area contributed by atoms with Gasteiger partial charge in [0.25, 0.3) is 0 Å². The van der Waals surface area contributed by atoms with Crippen LogP contribution in [0.25, 0.3) is 0 Å². The molecule has 0 unspecified atom stereocenters. The van der Waals surface area contributed by atoms with Crippen molar-refractivity contribution in [3.8, 4) is 0 Å². The highest BCUT2D eigenvalue weighted by atomic mass is 14.6. The third kappa shape index (κ3) is 6.93. The van der Waals surface area contributed by atoms with Crippen molar-refractivity contribution in [2.45, 2.75) is 20.3 Å². The first-order valence-electron chi connectivity index (χ1n) is 3.40. The van der Waals surface area contributed by atoms with Gasteiger partial charge in [-0.25, -0.2) is 0 Å². The number of nitrogens with zero attached hydrogens (tertiary/aromatic N) is 1. The second-order valence-corrected chi connectivity index (χ2v) is 1.71. The molecule has 0 atom stereocenters. The summed E-state index contributed by atoms with van der Waals surface area (Å²) in [6, 6.07) is 0. The lowest BCUT2D eigenvalue weighted by Gasteiger charge is -1.72. The van der Waals surface area contributed by atoms with Gasteiger partial charge in [0.15, 0.2) is 0 Å². The molecule has 0 bridgehead atoms. The molecule has 0 radical (unpaired) electrons. The molecular formula is C9H13N. The van der Waals surface area contributed by atoms with Crippen LogP contribution in [-0.4, -0.2) is 6.21 Å². The summed E-state index contributed by atoms with van der Waals surface area (Å²) in [5.74, 6) is 0. The van der Waals surface area contributed by atoms with Gasteiger partial charge < -0.3 is 0 Å². The molecule has 0 aliphatic heterocycles. The fourth-order valence-corrected chi connectivity index (χ4v) is 0.442. The molecule has 0 aliphatic rings. The van der Waals surface area contributed by atoms with Gasteiger partial charge in [0.2, 0.25) is 0 Å². The van der Waals surface area contributed by atoms with Crippen molar-refractivity contribution in [3.05, 3.63) is 30.2 Å². The van der Waals surface area contributed by atoms with Crippen molar-refractivity contribution in [2.75, 3.05) is 0 Å². The van der Waals surface area contributed by atoms with Crippen molar-refractivity contribution in [1.82, 2.24) is 0 Å². The Bertz CT molecular complexity index is 169. The molecule has 0 N–H and O–H groups in total. The molecule has 0 heterocycles. The maximum Gasteiger partial charge on any atom is 0.0679 e. The third-order valence-corrected chi connectivity index (χ3v) is 0.906. The quantitative estimate of drug-likeness (QED) is 0.320. The molecule has 0 saturated carbocycles. The monoisotopic (exact) mass is 135 g/mol. The predicted molar refractivity (Wildman–Crippen MR) is 46.3 cm³/mol. The molecule has 0 aliphatic carbocycles. The Morgan fingerprint density at radius 3 is 2.80 bits per heavy atom. The Morgan fingerprint density at radius 2 is 2.20 bits per heavy atom. The van der Waals surface area contributed by atoms with Crippen molar-refractivity contribution in [3.63, 3.8) is 0 Å². The van der Waals surface area contributed by atoms with Gasteiger partial charge in [-0.2, -0.15) is 0 Å². The summed E-state index contributed by atoms with van der Waals surface area (Å²) in [6.45, 7) is 3.88. The Morgan fingerprint density at radius 1 is 1.40 bits per heavy atom. The van der Waals surface area contributed by atoms with Gasteiger partial charge in [-0.3, -0.25) is 4.99 Å². The molecule has 0 spiro atoms. The van der Waals surface area contributed by atoms with Crippen LogP contribution >= 0.6 is 0 Å². The van der Waals surface area contributed by atoms with Crippen LogP contribution in [0.3, 0.4) is 0 Å². The lowest BCUT2D eigenvalue weighted by Crippen LogP contribution is -1.53. The van der Waals surface area contributed by atoms with Crippen LogP contribution in [-0.2, 0) is 0 Å². The largest absolute Gasteiger partial charge is 0.261 e. The molecular weight excluding hydrogens is 122 g/mol. The van der Waals surface area contributed by atoms with Gasteiger partial charge in [0, 0.05) is 6.21 Å². The summed E-state index contributed by atoms with van der Waals surface area (Å²) >= 11 is 0. The van der Waals surface area contributed by atoms with E-state index in [1.165, 1.54) is 0 Å². The number of aliphatic imine (C=N–C) groups is 1. The molecule has 54 valence electrons. The van der Waals surface area contributed by atoms with E-state index in [9.17, 15) is 0 Å². The van der Waals surface area contributed by atoms with E-state index < -0.39 is 0 Å². The van der Waals surface area contributed by atoms with Crippen LogP contribution in [0.1, 0.15) is 20.3 Å². The van der Waals surface area contributed by atoms with E-state index in [-0.39, 0.29) is 0 Å². The van der Waals surface area contributed by atoms with Crippen LogP contribution < -0.4 is 0 Å². The van der Waals surface area contributed by atoms with Crippen molar-refractivity contribution < 1.29 is 0 Å². The number of allylic oxidation sites excluding steroid dienone is 3. The molecule has 10 heavy (non-hydrogen) atoms. The predicted octanol–water partition coefficient (Wildman–Crippen LogP) is 2.71. The highest BCUT2D eigenvalue weighted by molar-refractivity contribution is 5.54. The minimum Gasteiger partial charge on any atom is -0.261 e. The van der Waals surface area contributed by atoms with Gasteiger partial charge in [-0.15, -0.1) is 5.73 Å². The number of hydrogen-bond acceptors (Lipinski definition) is 1. The molecule has 0 aromatic carbocycles. The van der Waals surface area contributed by atoms with Crippen LogP contribution in [0.15, 0.2) is 35.2 Å². The van der Waals surface area contributed by atoms with Crippen LogP contribution in [0.5, 0.6) is 0 Å². The minimum absolute atomic E-state index is 0.937.